The van der Waals surface area contributed by atoms with Crippen LogP contribution >= 0.6 is 0 Å². The molecule has 94 valence electrons. The lowest BCUT2D eigenvalue weighted by molar-refractivity contribution is 1.34. The van der Waals surface area contributed by atoms with Crippen molar-refractivity contribution in [3.8, 4) is 6.07 Å². The largest absolute Gasteiger partial charge is 0.246 e. The summed E-state index contributed by atoms with van der Waals surface area (Å²) in [6.45, 7) is 10.9. The molecule has 20 heavy (non-hydrogen) atoms. The molecule has 2 aromatic carbocycles. The van der Waals surface area contributed by atoms with E-state index in [4.69, 9.17) is 11.8 Å². The summed E-state index contributed by atoms with van der Waals surface area (Å²) in [5.41, 5.74) is 5.87. The van der Waals surface area contributed by atoms with E-state index in [1.807, 2.05) is 26.0 Å². The van der Waals surface area contributed by atoms with Gasteiger partial charge in [-0.1, -0.05) is 0 Å². The van der Waals surface area contributed by atoms with Gasteiger partial charge in [0.05, 0.1) is 40.3 Å². The van der Waals surface area contributed by atoms with Crippen molar-refractivity contribution in [2.75, 3.05) is 0 Å². The molecular weight excluding hydrogens is 248 g/mol. The summed E-state index contributed by atoms with van der Waals surface area (Å²) in [7, 11) is 0. The van der Waals surface area contributed by atoms with Gasteiger partial charge in [-0.05, 0) is 49.2 Å². The minimum Gasteiger partial charge on any atom is -0.246 e. The monoisotopic (exact) mass is 258 g/mol. The number of aromatic nitrogens is 2. The molecule has 0 aliphatic rings. The number of aryl methyl sites for hydroxylation is 2. The van der Waals surface area contributed by atoms with Gasteiger partial charge in [-0.25, -0.2) is 14.8 Å². The maximum absolute atomic E-state index is 9.07. The molecule has 0 aliphatic heterocycles. The first kappa shape index (κ1) is 12.1. The Morgan fingerprint density at radius 1 is 0.950 bits per heavy atom. The third-order valence-electron chi connectivity index (χ3n) is 3.34. The third kappa shape index (κ3) is 1.75. The van der Waals surface area contributed by atoms with Gasteiger partial charge >= 0.3 is 0 Å². The van der Waals surface area contributed by atoms with E-state index >= 15 is 0 Å². The molecule has 3 aromatic rings. The van der Waals surface area contributed by atoms with Crippen molar-refractivity contribution >= 4 is 27.8 Å². The molecule has 1 heterocycles. The van der Waals surface area contributed by atoms with Crippen LogP contribution in [0.2, 0.25) is 0 Å². The van der Waals surface area contributed by atoms with Crippen molar-refractivity contribution in [3.63, 3.8) is 0 Å². The molecule has 0 radical (unpaired) electrons. The van der Waals surface area contributed by atoms with Gasteiger partial charge in [0.2, 0.25) is 0 Å². The highest BCUT2D eigenvalue weighted by atomic mass is 14.8. The molecule has 0 saturated carbocycles. The number of hydrogen-bond acceptors (Lipinski definition) is 3. The van der Waals surface area contributed by atoms with Crippen LogP contribution in [0.3, 0.4) is 0 Å². The normalized spacial score (nSPS) is 10.4. The lowest BCUT2D eigenvalue weighted by Gasteiger charge is -2.05. The van der Waals surface area contributed by atoms with E-state index in [-0.39, 0.29) is 0 Å². The van der Waals surface area contributed by atoms with E-state index in [9.17, 15) is 0 Å². The third-order valence-corrected chi connectivity index (χ3v) is 3.34. The molecule has 1 aromatic heterocycles. The zero-order valence-electron chi connectivity index (χ0n) is 11.1. The summed E-state index contributed by atoms with van der Waals surface area (Å²) in [5, 5.41) is 9.07. The van der Waals surface area contributed by atoms with Crippen LogP contribution in [0.5, 0.6) is 0 Å². The maximum atomic E-state index is 9.07. The average Bonchev–Trinajstić information content (AvgIpc) is 2.44. The summed E-state index contributed by atoms with van der Waals surface area (Å²) in [4.78, 5) is 12.6. The van der Waals surface area contributed by atoms with Gasteiger partial charge in [0.25, 0.3) is 0 Å². The fourth-order valence-electron chi connectivity index (χ4n) is 2.21. The molecule has 0 atom stereocenters. The highest BCUT2D eigenvalue weighted by Crippen LogP contribution is 2.26. The lowest BCUT2D eigenvalue weighted by atomic mass is 10.1. The zero-order chi connectivity index (χ0) is 14.3. The first-order chi connectivity index (χ1) is 9.62. The van der Waals surface area contributed by atoms with Crippen molar-refractivity contribution in [1.82, 2.24) is 9.97 Å². The van der Waals surface area contributed by atoms with Crippen molar-refractivity contribution < 1.29 is 0 Å². The highest BCUT2D eigenvalue weighted by Gasteiger charge is 2.08. The smallest absolute Gasteiger partial charge is 0.192 e. The predicted molar refractivity (Wildman–Crippen MR) is 77.5 cm³/mol. The Labute approximate surface area is 116 Å². The molecule has 0 amide bonds. The first-order valence-corrected chi connectivity index (χ1v) is 6.12. The molecule has 4 nitrogen and oxygen atoms in total. The van der Waals surface area contributed by atoms with E-state index in [0.717, 1.165) is 22.2 Å². The molecular formula is C16H10N4. The molecule has 0 N–H and O–H groups in total. The standard InChI is InChI=1S/C16H10N4/c1-9-4-13-15(6-11(9)8-17)19-14-5-10(2)12(18-3)7-16(14)20-13/h4-7H,1-2H3. The Balaban J connectivity index is 2.41. The van der Waals surface area contributed by atoms with Crippen LogP contribution in [-0.4, -0.2) is 9.97 Å². The van der Waals surface area contributed by atoms with Crippen LogP contribution in [0.4, 0.5) is 5.69 Å². The summed E-state index contributed by atoms with van der Waals surface area (Å²) in [6, 6.07) is 9.40. The minimum absolute atomic E-state index is 0.594. The van der Waals surface area contributed by atoms with E-state index in [1.54, 1.807) is 12.1 Å². The molecule has 3 rings (SSSR count). The summed E-state index contributed by atoms with van der Waals surface area (Å²) >= 11 is 0. The molecule has 0 fully saturated rings. The molecule has 4 heteroatoms. The highest BCUT2D eigenvalue weighted by molar-refractivity contribution is 5.89. The van der Waals surface area contributed by atoms with Gasteiger partial charge in [-0.3, -0.25) is 0 Å². The van der Waals surface area contributed by atoms with E-state index in [1.165, 1.54) is 0 Å². The second kappa shape index (κ2) is 4.29. The first-order valence-electron chi connectivity index (χ1n) is 6.12. The van der Waals surface area contributed by atoms with Crippen LogP contribution in [0, 0.1) is 31.8 Å². The van der Waals surface area contributed by atoms with Crippen molar-refractivity contribution in [2.45, 2.75) is 13.8 Å². The summed E-state index contributed by atoms with van der Waals surface area (Å²) in [5.74, 6) is 0. The summed E-state index contributed by atoms with van der Waals surface area (Å²) < 4.78 is 0. The summed E-state index contributed by atoms with van der Waals surface area (Å²) in [6.07, 6.45) is 0. The van der Waals surface area contributed by atoms with Crippen LogP contribution in [-0.2, 0) is 0 Å². The topological polar surface area (TPSA) is 53.9 Å². The van der Waals surface area contributed by atoms with E-state index in [2.05, 4.69) is 20.9 Å². The molecule has 0 unspecified atom stereocenters. The van der Waals surface area contributed by atoms with E-state index < -0.39 is 0 Å². The van der Waals surface area contributed by atoms with Crippen molar-refractivity contribution in [1.29, 1.82) is 5.26 Å². The van der Waals surface area contributed by atoms with Gasteiger partial charge in [0.15, 0.2) is 5.69 Å². The average molecular weight is 258 g/mol. The van der Waals surface area contributed by atoms with Crippen molar-refractivity contribution in [2.24, 2.45) is 0 Å². The van der Waals surface area contributed by atoms with Gasteiger partial charge in [-0.2, -0.15) is 5.26 Å². The molecule has 0 bridgehead atoms. The van der Waals surface area contributed by atoms with E-state index in [0.29, 0.717) is 22.3 Å². The molecule has 0 aliphatic carbocycles. The number of hydrogen-bond donors (Lipinski definition) is 0. The van der Waals surface area contributed by atoms with Crippen LogP contribution in [0.15, 0.2) is 24.3 Å². The quantitative estimate of drug-likeness (QED) is 0.455. The van der Waals surface area contributed by atoms with Gasteiger partial charge in [0.1, 0.15) is 0 Å². The van der Waals surface area contributed by atoms with Crippen molar-refractivity contribution in [3.05, 3.63) is 52.4 Å². The second-order valence-corrected chi connectivity index (χ2v) is 4.73. The van der Waals surface area contributed by atoms with Crippen LogP contribution < -0.4 is 0 Å². The fraction of sp³-hybridized carbons (Fsp3) is 0.125. The second-order valence-electron chi connectivity index (χ2n) is 4.73. The predicted octanol–water partition coefficient (Wildman–Crippen LogP) is 3.82. The Morgan fingerprint density at radius 3 is 2.10 bits per heavy atom. The van der Waals surface area contributed by atoms with Crippen LogP contribution in [0.1, 0.15) is 16.7 Å². The van der Waals surface area contributed by atoms with Gasteiger partial charge < -0.3 is 0 Å². The Hall–Kier alpha value is -2.98. The van der Waals surface area contributed by atoms with Gasteiger partial charge in [-0.15, -0.1) is 0 Å². The zero-order valence-corrected chi connectivity index (χ0v) is 11.1. The number of benzene rings is 2. The maximum Gasteiger partial charge on any atom is 0.192 e. The fourth-order valence-corrected chi connectivity index (χ4v) is 2.21. The number of rotatable bonds is 0. The Kier molecular flexibility index (Phi) is 2.59. The lowest BCUT2D eigenvalue weighted by Crippen LogP contribution is -1.91. The Bertz CT molecular complexity index is 863. The molecule has 0 saturated heterocycles. The Morgan fingerprint density at radius 2 is 1.50 bits per heavy atom. The molecule has 0 spiro atoms. The number of fused-ring (bicyclic) bond motifs is 2. The SMILES string of the molecule is [C-]#[N+]c1cc2nc3cc(C)c(C#N)cc3nc2cc1C. The number of nitrogens with zero attached hydrogens (tertiary/aromatic N) is 4. The van der Waals surface area contributed by atoms with Gasteiger partial charge in [0, 0.05) is 0 Å². The van der Waals surface area contributed by atoms with Crippen LogP contribution in [0.25, 0.3) is 26.9 Å². The number of nitriles is 1. The minimum atomic E-state index is 0.594.